The SMILES string of the molecule is CCCCCCC/C=C/CC/C=C/C(O)C(COP(=O)(O)OCC[N+](C)(C)C)NC(=O)CCCC. The first-order valence-electron chi connectivity index (χ1n) is 13.2. The molecule has 9 heteroatoms. The zero-order valence-electron chi connectivity index (χ0n) is 22.8. The van der Waals surface area contributed by atoms with Gasteiger partial charge in [-0.2, -0.15) is 0 Å². The molecule has 0 aliphatic rings. The van der Waals surface area contributed by atoms with E-state index >= 15 is 0 Å². The molecular weight excluding hydrogens is 467 g/mol. The first-order chi connectivity index (χ1) is 16.5. The number of hydrogen-bond donors (Lipinski definition) is 3. The summed E-state index contributed by atoms with van der Waals surface area (Å²) >= 11 is 0. The average molecular weight is 520 g/mol. The van der Waals surface area contributed by atoms with Crippen LogP contribution >= 0.6 is 7.82 Å². The molecule has 0 heterocycles. The molecule has 3 N–H and O–H groups in total. The fourth-order valence-electron chi connectivity index (χ4n) is 3.15. The van der Waals surface area contributed by atoms with Crippen LogP contribution in [0.25, 0.3) is 0 Å². The molecule has 0 aromatic rings. The maximum absolute atomic E-state index is 12.2. The van der Waals surface area contributed by atoms with E-state index in [2.05, 4.69) is 24.4 Å². The van der Waals surface area contributed by atoms with E-state index in [1.165, 1.54) is 32.1 Å². The molecule has 8 nitrogen and oxygen atoms in total. The summed E-state index contributed by atoms with van der Waals surface area (Å²) in [6, 6.07) is -0.850. The molecule has 0 rings (SSSR count). The summed E-state index contributed by atoms with van der Waals surface area (Å²) in [4.78, 5) is 22.2. The van der Waals surface area contributed by atoms with Crippen LogP contribution in [-0.2, 0) is 18.4 Å². The number of carbonyl (C=O) groups excluding carboxylic acids is 1. The van der Waals surface area contributed by atoms with Gasteiger partial charge < -0.3 is 19.8 Å². The minimum atomic E-state index is -4.30. The second kappa shape index (κ2) is 20.1. The van der Waals surface area contributed by atoms with Gasteiger partial charge >= 0.3 is 7.82 Å². The maximum atomic E-state index is 12.2. The van der Waals surface area contributed by atoms with Crippen LogP contribution in [0.4, 0.5) is 0 Å². The summed E-state index contributed by atoms with van der Waals surface area (Å²) in [5, 5.41) is 13.3. The molecule has 0 aliphatic heterocycles. The summed E-state index contributed by atoms with van der Waals surface area (Å²) in [7, 11) is 1.54. The van der Waals surface area contributed by atoms with Crippen LogP contribution in [0.5, 0.6) is 0 Å². The number of phosphoric acid groups is 1. The average Bonchev–Trinajstić information content (AvgIpc) is 2.77. The number of amides is 1. The summed E-state index contributed by atoms with van der Waals surface area (Å²) in [6.07, 6.45) is 17.8. The number of allylic oxidation sites excluding steroid dienone is 3. The van der Waals surface area contributed by atoms with E-state index < -0.39 is 20.0 Å². The molecule has 0 fully saturated rings. The number of likely N-dealkylation sites (N-methyl/N-ethyl adjacent to an activating group) is 1. The van der Waals surface area contributed by atoms with Crippen molar-refractivity contribution in [2.75, 3.05) is 40.9 Å². The second-order valence-corrected chi connectivity index (χ2v) is 11.5. The van der Waals surface area contributed by atoms with E-state index in [1.807, 2.05) is 34.1 Å². The fourth-order valence-corrected chi connectivity index (χ4v) is 3.88. The molecule has 1 amide bonds. The third-order valence-corrected chi connectivity index (χ3v) is 6.41. The van der Waals surface area contributed by atoms with Gasteiger partial charge in [-0.1, -0.05) is 70.3 Å². The van der Waals surface area contributed by atoms with Gasteiger partial charge in [-0.3, -0.25) is 13.8 Å². The van der Waals surface area contributed by atoms with Gasteiger partial charge in [0.15, 0.2) is 0 Å². The number of aliphatic hydroxyl groups is 1. The van der Waals surface area contributed by atoms with Crippen molar-refractivity contribution in [2.45, 2.75) is 96.6 Å². The highest BCUT2D eigenvalue weighted by atomic mass is 31.2. The van der Waals surface area contributed by atoms with Crippen molar-refractivity contribution in [3.63, 3.8) is 0 Å². The molecule has 3 unspecified atom stereocenters. The Morgan fingerprint density at radius 2 is 1.57 bits per heavy atom. The number of nitrogens with one attached hydrogen (secondary N) is 1. The predicted molar refractivity (Wildman–Crippen MR) is 143 cm³/mol. The lowest BCUT2D eigenvalue weighted by Gasteiger charge is -2.25. The molecule has 0 aromatic heterocycles. The second-order valence-electron chi connectivity index (χ2n) is 10.1. The minimum absolute atomic E-state index is 0.0551. The van der Waals surface area contributed by atoms with Gasteiger partial charge in [0, 0.05) is 6.42 Å². The number of carbonyl (C=O) groups is 1. The highest BCUT2D eigenvalue weighted by Gasteiger charge is 2.27. The molecule has 0 bridgehead atoms. The van der Waals surface area contributed by atoms with Crippen LogP contribution in [0.15, 0.2) is 24.3 Å². The number of hydrogen-bond acceptors (Lipinski definition) is 5. The largest absolute Gasteiger partial charge is 0.472 e. The van der Waals surface area contributed by atoms with Crippen LogP contribution in [0.1, 0.15) is 84.5 Å². The Balaban J connectivity index is 4.64. The van der Waals surface area contributed by atoms with Crippen LogP contribution in [0.3, 0.4) is 0 Å². The number of quaternary nitrogens is 1. The molecule has 0 aliphatic carbocycles. The van der Waals surface area contributed by atoms with E-state index in [-0.39, 0.29) is 19.1 Å². The Hall–Kier alpha value is -1.02. The van der Waals surface area contributed by atoms with Gasteiger partial charge in [0.2, 0.25) is 5.91 Å². The monoisotopic (exact) mass is 519 g/mol. The Morgan fingerprint density at radius 1 is 0.943 bits per heavy atom. The Morgan fingerprint density at radius 3 is 2.23 bits per heavy atom. The van der Waals surface area contributed by atoms with Crippen molar-refractivity contribution in [3.8, 4) is 0 Å². The van der Waals surface area contributed by atoms with E-state index in [1.54, 1.807) is 6.08 Å². The number of unbranched alkanes of at least 4 members (excludes halogenated alkanes) is 7. The number of phosphoric ester groups is 1. The van der Waals surface area contributed by atoms with Crippen molar-refractivity contribution >= 4 is 13.7 Å². The molecule has 35 heavy (non-hydrogen) atoms. The van der Waals surface area contributed by atoms with E-state index in [4.69, 9.17) is 9.05 Å². The molecule has 0 radical (unpaired) electrons. The highest BCUT2D eigenvalue weighted by molar-refractivity contribution is 7.47. The first-order valence-corrected chi connectivity index (χ1v) is 14.7. The zero-order valence-corrected chi connectivity index (χ0v) is 23.7. The van der Waals surface area contributed by atoms with Gasteiger partial charge in [0.1, 0.15) is 13.2 Å². The number of rotatable bonds is 22. The topological polar surface area (TPSA) is 105 Å². The predicted octanol–water partition coefficient (Wildman–Crippen LogP) is 5.12. The van der Waals surface area contributed by atoms with Gasteiger partial charge in [0.05, 0.1) is 39.9 Å². The number of nitrogens with zero attached hydrogens (tertiary/aromatic N) is 1. The molecule has 0 spiro atoms. The van der Waals surface area contributed by atoms with Crippen LogP contribution in [-0.4, -0.2) is 73.4 Å². The fraction of sp³-hybridized carbons (Fsp3) is 0.808. The van der Waals surface area contributed by atoms with Crippen molar-refractivity contribution < 1.29 is 32.9 Å². The van der Waals surface area contributed by atoms with Gasteiger partial charge in [-0.25, -0.2) is 4.57 Å². The maximum Gasteiger partial charge on any atom is 0.472 e. The summed E-state index contributed by atoms with van der Waals surface area (Å²) in [5.74, 6) is -0.228. The number of aliphatic hydroxyl groups excluding tert-OH is 1. The molecule has 0 saturated carbocycles. The van der Waals surface area contributed by atoms with Crippen molar-refractivity contribution in [2.24, 2.45) is 0 Å². The smallest absolute Gasteiger partial charge is 0.387 e. The normalized spacial score (nSPS) is 16.0. The van der Waals surface area contributed by atoms with E-state index in [9.17, 15) is 19.4 Å². The van der Waals surface area contributed by atoms with Gasteiger partial charge in [-0.15, -0.1) is 0 Å². The zero-order chi connectivity index (χ0) is 26.6. The molecule has 0 saturated heterocycles. The van der Waals surface area contributed by atoms with Crippen LogP contribution in [0, 0.1) is 0 Å². The van der Waals surface area contributed by atoms with Crippen molar-refractivity contribution in [3.05, 3.63) is 24.3 Å². The van der Waals surface area contributed by atoms with Crippen molar-refractivity contribution in [1.29, 1.82) is 0 Å². The van der Waals surface area contributed by atoms with Crippen molar-refractivity contribution in [1.82, 2.24) is 5.32 Å². The molecular formula is C26H52N2O6P+. The van der Waals surface area contributed by atoms with Crippen LogP contribution < -0.4 is 5.32 Å². The van der Waals surface area contributed by atoms with Gasteiger partial charge in [-0.05, 0) is 32.1 Å². The summed E-state index contributed by atoms with van der Waals surface area (Å²) in [5.41, 5.74) is 0. The molecule has 0 aromatic carbocycles. The standard InChI is InChI=1S/C26H51N2O6P/c1-6-8-10-11-12-13-14-15-16-17-18-19-25(29)24(27-26(30)20-9-7-2)23-34-35(31,32)33-22-21-28(3,4)5/h14-15,18-19,24-25,29H,6-13,16-17,20-23H2,1-5H3,(H-,27,30,31,32)/p+1/b15-14+,19-18+. The minimum Gasteiger partial charge on any atom is -0.387 e. The lowest BCUT2D eigenvalue weighted by Crippen LogP contribution is -2.45. The quantitative estimate of drug-likeness (QED) is 0.0794. The third-order valence-electron chi connectivity index (χ3n) is 5.42. The molecule has 206 valence electrons. The highest BCUT2D eigenvalue weighted by Crippen LogP contribution is 2.43. The van der Waals surface area contributed by atoms with Crippen LogP contribution in [0.2, 0.25) is 0 Å². The van der Waals surface area contributed by atoms with E-state index in [0.29, 0.717) is 17.4 Å². The Labute approximate surface area is 214 Å². The Bertz CT molecular complexity index is 648. The summed E-state index contributed by atoms with van der Waals surface area (Å²) in [6.45, 7) is 4.46. The summed E-state index contributed by atoms with van der Waals surface area (Å²) < 4.78 is 22.9. The lowest BCUT2D eigenvalue weighted by molar-refractivity contribution is -0.870. The first kappa shape index (κ1) is 34.0. The Kier molecular flexibility index (Phi) is 19.5. The molecule has 3 atom stereocenters. The third kappa shape index (κ3) is 21.9. The van der Waals surface area contributed by atoms with Gasteiger partial charge in [0.25, 0.3) is 0 Å². The van der Waals surface area contributed by atoms with E-state index in [0.717, 1.165) is 32.1 Å². The lowest BCUT2D eigenvalue weighted by atomic mass is 10.1.